The maximum absolute atomic E-state index is 13.5. The van der Waals surface area contributed by atoms with Crippen LogP contribution in [0.5, 0.6) is 5.88 Å². The van der Waals surface area contributed by atoms with Crippen LogP contribution in [0.3, 0.4) is 0 Å². The molecule has 1 saturated carbocycles. The lowest BCUT2D eigenvalue weighted by Gasteiger charge is -2.41. The number of unbranched alkanes of at least 4 members (excludes halogenated alkanes) is 1. The lowest BCUT2D eigenvalue weighted by atomic mass is 9.77. The molecule has 0 atom stereocenters. The molecule has 0 aliphatic heterocycles. The molecule has 3 rings (SSSR count). The molecule has 0 bridgehead atoms. The number of aromatic nitrogens is 3. The van der Waals surface area contributed by atoms with Crippen molar-refractivity contribution in [1.82, 2.24) is 14.5 Å². The van der Waals surface area contributed by atoms with Crippen LogP contribution in [0.1, 0.15) is 51.3 Å². The van der Waals surface area contributed by atoms with E-state index in [9.17, 15) is 18.3 Å². The second kappa shape index (κ2) is 5.91. The fraction of sp³-hybridized carbons (Fsp3) is 0.625. The largest absolute Gasteiger partial charge is 0.478 e. The first-order chi connectivity index (χ1) is 11.2. The Bertz CT molecular complexity index is 732. The zero-order valence-corrected chi connectivity index (χ0v) is 13.6. The summed E-state index contributed by atoms with van der Waals surface area (Å²) in [5.74, 6) is -0.0610. The molecule has 8 heteroatoms. The van der Waals surface area contributed by atoms with Crippen molar-refractivity contribution in [2.24, 2.45) is 0 Å². The van der Waals surface area contributed by atoms with Gasteiger partial charge in [0, 0.05) is 12.1 Å². The highest BCUT2D eigenvalue weighted by Gasteiger charge is 2.43. The number of hydrogen-bond acceptors (Lipinski definition) is 4. The van der Waals surface area contributed by atoms with Gasteiger partial charge in [0.15, 0.2) is 5.69 Å². The van der Waals surface area contributed by atoms with Gasteiger partial charge in [-0.1, -0.05) is 13.3 Å². The summed E-state index contributed by atoms with van der Waals surface area (Å²) in [6, 6.07) is 1.23. The van der Waals surface area contributed by atoms with Crippen molar-refractivity contribution in [3.8, 4) is 5.88 Å². The van der Waals surface area contributed by atoms with Crippen LogP contribution in [0, 0.1) is 0 Å². The molecular weight excluding hydrogens is 323 g/mol. The Kier molecular flexibility index (Phi) is 4.19. The molecule has 0 saturated heterocycles. The van der Waals surface area contributed by atoms with Crippen LogP contribution in [-0.4, -0.2) is 31.8 Å². The summed E-state index contributed by atoms with van der Waals surface area (Å²) in [7, 11) is 0. The molecule has 132 valence electrons. The Balaban J connectivity index is 2.01. The van der Waals surface area contributed by atoms with Gasteiger partial charge in [-0.3, -0.25) is 0 Å². The number of pyridine rings is 1. The third-order valence-electron chi connectivity index (χ3n) is 4.29. The fourth-order valence-electron chi connectivity index (χ4n) is 3.06. The van der Waals surface area contributed by atoms with E-state index in [0.717, 1.165) is 12.8 Å². The van der Waals surface area contributed by atoms with Gasteiger partial charge in [-0.25, -0.2) is 9.97 Å². The topological polar surface area (TPSA) is 60.2 Å². The molecule has 1 fully saturated rings. The van der Waals surface area contributed by atoms with Crippen molar-refractivity contribution in [2.75, 3.05) is 6.61 Å². The molecular formula is C16H20F3N3O2. The Morgan fingerprint density at radius 1 is 1.42 bits per heavy atom. The molecule has 0 aromatic carbocycles. The van der Waals surface area contributed by atoms with Crippen molar-refractivity contribution in [3.05, 3.63) is 18.1 Å². The highest BCUT2D eigenvalue weighted by molar-refractivity contribution is 5.79. The SMILES string of the molecule is CCCCOc1cc2ncn(C3CC(C)(O)C3)c2c(C(F)(F)F)n1. The highest BCUT2D eigenvalue weighted by Crippen LogP contribution is 2.44. The van der Waals surface area contributed by atoms with Crippen molar-refractivity contribution in [2.45, 2.75) is 57.3 Å². The van der Waals surface area contributed by atoms with Gasteiger partial charge in [-0.2, -0.15) is 13.2 Å². The Hall–Kier alpha value is -1.83. The minimum absolute atomic E-state index is 0.0501. The fourth-order valence-corrected chi connectivity index (χ4v) is 3.06. The minimum atomic E-state index is -4.60. The van der Waals surface area contributed by atoms with Crippen LogP contribution >= 0.6 is 0 Å². The molecule has 1 N–H and O–H groups in total. The van der Waals surface area contributed by atoms with E-state index in [2.05, 4.69) is 9.97 Å². The van der Waals surface area contributed by atoms with Gasteiger partial charge in [0.2, 0.25) is 5.88 Å². The molecule has 5 nitrogen and oxygen atoms in total. The molecule has 0 spiro atoms. The van der Waals surface area contributed by atoms with Crippen LogP contribution in [0.25, 0.3) is 11.0 Å². The Morgan fingerprint density at radius 2 is 2.12 bits per heavy atom. The van der Waals surface area contributed by atoms with Gasteiger partial charge in [-0.15, -0.1) is 0 Å². The number of imidazole rings is 1. The third kappa shape index (κ3) is 3.19. The molecule has 0 radical (unpaired) electrons. The van der Waals surface area contributed by atoms with Crippen molar-refractivity contribution in [3.63, 3.8) is 0 Å². The summed E-state index contributed by atoms with van der Waals surface area (Å²) in [4.78, 5) is 7.78. The standard InChI is InChI=1S/C16H20F3N3O2/c1-3-4-5-24-12-6-11-13(14(21-12)16(17,18)19)22(9-20-11)10-7-15(2,23)8-10/h6,9-10,23H,3-5,7-8H2,1-2H3. The van der Waals surface area contributed by atoms with Crippen LogP contribution in [0.2, 0.25) is 0 Å². The van der Waals surface area contributed by atoms with Crippen LogP contribution in [-0.2, 0) is 6.18 Å². The molecule has 0 unspecified atom stereocenters. The molecule has 0 amide bonds. The van der Waals surface area contributed by atoms with E-state index in [1.165, 1.54) is 17.0 Å². The molecule has 2 aromatic rings. The molecule has 1 aliphatic rings. The number of nitrogens with zero attached hydrogens (tertiary/aromatic N) is 3. The zero-order chi connectivity index (χ0) is 17.5. The van der Waals surface area contributed by atoms with Crippen molar-refractivity contribution >= 4 is 11.0 Å². The number of hydrogen-bond donors (Lipinski definition) is 1. The second-order valence-electron chi connectivity index (χ2n) is 6.59. The van der Waals surface area contributed by atoms with E-state index in [4.69, 9.17) is 4.74 Å². The van der Waals surface area contributed by atoms with Crippen LogP contribution in [0.4, 0.5) is 13.2 Å². The first kappa shape index (κ1) is 17.0. The lowest BCUT2D eigenvalue weighted by Crippen LogP contribution is -2.41. The maximum atomic E-state index is 13.5. The average Bonchev–Trinajstić information content (AvgIpc) is 2.86. The maximum Gasteiger partial charge on any atom is 0.435 e. The summed E-state index contributed by atoms with van der Waals surface area (Å²) >= 11 is 0. The quantitative estimate of drug-likeness (QED) is 0.841. The zero-order valence-electron chi connectivity index (χ0n) is 13.6. The molecule has 1 aliphatic carbocycles. The summed E-state index contributed by atoms with van der Waals surface area (Å²) in [5.41, 5.74) is -1.67. The summed E-state index contributed by atoms with van der Waals surface area (Å²) in [5, 5.41) is 9.86. The predicted octanol–water partition coefficient (Wildman–Crippen LogP) is 3.71. The molecule has 2 heterocycles. The van der Waals surface area contributed by atoms with Crippen LogP contribution < -0.4 is 4.74 Å². The van der Waals surface area contributed by atoms with Gasteiger partial charge >= 0.3 is 6.18 Å². The summed E-state index contributed by atoms with van der Waals surface area (Å²) in [6.45, 7) is 3.96. The number of ether oxygens (including phenoxy) is 1. The van der Waals surface area contributed by atoms with Crippen LogP contribution in [0.15, 0.2) is 12.4 Å². The van der Waals surface area contributed by atoms with Crippen molar-refractivity contribution in [1.29, 1.82) is 0 Å². The van der Waals surface area contributed by atoms with E-state index >= 15 is 0 Å². The van der Waals surface area contributed by atoms with Gasteiger partial charge in [0.25, 0.3) is 0 Å². The summed E-state index contributed by atoms with van der Waals surface area (Å²) in [6.07, 6.45) is -0.809. The normalized spacial score (nSPS) is 24.2. The van der Waals surface area contributed by atoms with E-state index in [-0.39, 0.29) is 23.0 Å². The van der Waals surface area contributed by atoms with E-state index in [0.29, 0.717) is 19.4 Å². The van der Waals surface area contributed by atoms with E-state index in [1.54, 1.807) is 6.92 Å². The first-order valence-electron chi connectivity index (χ1n) is 8.01. The van der Waals surface area contributed by atoms with E-state index < -0.39 is 17.5 Å². The Morgan fingerprint density at radius 3 is 2.71 bits per heavy atom. The van der Waals surface area contributed by atoms with Gasteiger partial charge in [0.05, 0.1) is 29.6 Å². The average molecular weight is 343 g/mol. The van der Waals surface area contributed by atoms with Gasteiger partial charge in [0.1, 0.15) is 0 Å². The number of rotatable bonds is 5. The number of aliphatic hydroxyl groups is 1. The Labute approximate surface area is 137 Å². The van der Waals surface area contributed by atoms with E-state index in [1.807, 2.05) is 6.92 Å². The summed E-state index contributed by atoms with van der Waals surface area (Å²) < 4.78 is 47.2. The molecule has 2 aromatic heterocycles. The van der Waals surface area contributed by atoms with Crippen molar-refractivity contribution < 1.29 is 23.0 Å². The smallest absolute Gasteiger partial charge is 0.435 e. The minimum Gasteiger partial charge on any atom is -0.478 e. The van der Waals surface area contributed by atoms with Gasteiger partial charge in [-0.05, 0) is 26.2 Å². The second-order valence-corrected chi connectivity index (χ2v) is 6.59. The predicted molar refractivity (Wildman–Crippen MR) is 81.8 cm³/mol. The third-order valence-corrected chi connectivity index (χ3v) is 4.29. The lowest BCUT2D eigenvalue weighted by molar-refractivity contribution is -0.140. The number of halogens is 3. The number of fused-ring (bicyclic) bond motifs is 1. The van der Waals surface area contributed by atoms with Gasteiger partial charge < -0.3 is 14.4 Å². The molecule has 24 heavy (non-hydrogen) atoms. The number of alkyl halides is 3. The highest BCUT2D eigenvalue weighted by atomic mass is 19.4. The first-order valence-corrected chi connectivity index (χ1v) is 8.01. The monoisotopic (exact) mass is 343 g/mol.